The van der Waals surface area contributed by atoms with Gasteiger partial charge >= 0.3 is 5.97 Å². The van der Waals surface area contributed by atoms with Gasteiger partial charge in [0.25, 0.3) is 0 Å². The maximum atomic E-state index is 10.8. The molecule has 0 aliphatic heterocycles. The molecule has 0 spiro atoms. The summed E-state index contributed by atoms with van der Waals surface area (Å²) in [5.41, 5.74) is 5.97. The fourth-order valence-electron chi connectivity index (χ4n) is 1.00. The number of halogens is 1. The maximum absolute atomic E-state index is 10.8. The molecule has 0 radical (unpaired) electrons. The van der Waals surface area contributed by atoms with Crippen molar-refractivity contribution in [3.8, 4) is 11.8 Å². The van der Waals surface area contributed by atoms with Crippen molar-refractivity contribution in [1.82, 2.24) is 0 Å². The zero-order valence-electron chi connectivity index (χ0n) is 7.96. The molecular formula is C11H10ClNO2. The van der Waals surface area contributed by atoms with Gasteiger partial charge in [0.15, 0.2) is 0 Å². The van der Waals surface area contributed by atoms with E-state index in [1.54, 1.807) is 6.07 Å². The molecule has 0 atom stereocenters. The van der Waals surface area contributed by atoms with E-state index in [2.05, 4.69) is 11.8 Å². The van der Waals surface area contributed by atoms with E-state index < -0.39 is 5.97 Å². The third-order valence-electron chi connectivity index (χ3n) is 1.70. The Balaban J connectivity index is 2.99. The van der Waals surface area contributed by atoms with Gasteiger partial charge in [-0.25, -0.2) is 4.79 Å². The molecule has 0 bridgehead atoms. The summed E-state index contributed by atoms with van der Waals surface area (Å²) in [4.78, 5) is 10.8. The Morgan fingerprint density at radius 1 is 1.53 bits per heavy atom. The van der Waals surface area contributed by atoms with Crippen LogP contribution in [-0.4, -0.2) is 17.6 Å². The largest absolute Gasteiger partial charge is 0.478 e. The number of hydrogen-bond acceptors (Lipinski definition) is 2. The summed E-state index contributed by atoms with van der Waals surface area (Å²) in [6.07, 6.45) is 0.588. The van der Waals surface area contributed by atoms with E-state index in [1.165, 1.54) is 12.1 Å². The van der Waals surface area contributed by atoms with E-state index in [9.17, 15) is 4.79 Å². The van der Waals surface area contributed by atoms with Gasteiger partial charge in [-0.15, -0.1) is 0 Å². The van der Waals surface area contributed by atoms with Crippen LogP contribution in [0.3, 0.4) is 0 Å². The van der Waals surface area contributed by atoms with Gasteiger partial charge in [-0.3, -0.25) is 0 Å². The second-order valence-electron chi connectivity index (χ2n) is 2.84. The zero-order chi connectivity index (χ0) is 11.3. The normalized spacial score (nSPS) is 9.20. The van der Waals surface area contributed by atoms with Crippen LogP contribution in [0.25, 0.3) is 0 Å². The molecule has 0 aliphatic carbocycles. The number of aromatic carboxylic acids is 1. The van der Waals surface area contributed by atoms with Crippen molar-refractivity contribution in [2.75, 3.05) is 6.54 Å². The molecule has 1 aromatic carbocycles. The minimum Gasteiger partial charge on any atom is -0.478 e. The molecule has 0 heterocycles. The van der Waals surface area contributed by atoms with Gasteiger partial charge in [0.2, 0.25) is 0 Å². The predicted molar refractivity (Wildman–Crippen MR) is 59.0 cm³/mol. The third kappa shape index (κ3) is 3.28. The van der Waals surface area contributed by atoms with Gasteiger partial charge in [0, 0.05) is 18.5 Å². The highest BCUT2D eigenvalue weighted by atomic mass is 35.5. The quantitative estimate of drug-likeness (QED) is 0.751. The Morgan fingerprint density at radius 3 is 2.87 bits per heavy atom. The molecule has 0 unspecified atom stereocenters. The molecule has 4 heteroatoms. The average Bonchev–Trinajstić information content (AvgIpc) is 2.20. The number of carbonyl (C=O) groups is 1. The third-order valence-corrected chi connectivity index (χ3v) is 2.03. The lowest BCUT2D eigenvalue weighted by Gasteiger charge is -1.98. The summed E-state index contributed by atoms with van der Waals surface area (Å²) in [6.45, 7) is 0.492. The Labute approximate surface area is 92.9 Å². The Morgan fingerprint density at radius 2 is 2.27 bits per heavy atom. The van der Waals surface area contributed by atoms with Gasteiger partial charge in [-0.2, -0.15) is 0 Å². The lowest BCUT2D eigenvalue weighted by molar-refractivity contribution is 0.0697. The van der Waals surface area contributed by atoms with Crippen molar-refractivity contribution in [1.29, 1.82) is 0 Å². The van der Waals surface area contributed by atoms with Crippen molar-refractivity contribution in [2.45, 2.75) is 6.42 Å². The number of nitrogens with two attached hydrogens (primary N) is 1. The summed E-state index contributed by atoms with van der Waals surface area (Å²) in [6, 6.07) is 4.66. The molecule has 3 N–H and O–H groups in total. The van der Waals surface area contributed by atoms with Crippen LogP contribution in [0.4, 0.5) is 0 Å². The van der Waals surface area contributed by atoms with E-state index in [0.717, 1.165) is 0 Å². The van der Waals surface area contributed by atoms with Crippen LogP contribution in [0.1, 0.15) is 22.3 Å². The molecule has 1 rings (SSSR count). The second kappa shape index (κ2) is 5.40. The van der Waals surface area contributed by atoms with Crippen LogP contribution in [0.2, 0.25) is 5.02 Å². The van der Waals surface area contributed by atoms with E-state index in [-0.39, 0.29) is 10.6 Å². The second-order valence-corrected chi connectivity index (χ2v) is 3.25. The standard InChI is InChI=1S/C11H10ClNO2/c12-10-5-4-8(3-1-2-6-13)7-9(10)11(14)15/h4-5,7H,2,6,13H2,(H,14,15). The summed E-state index contributed by atoms with van der Waals surface area (Å²) in [7, 11) is 0. The van der Waals surface area contributed by atoms with Crippen LogP contribution in [0.5, 0.6) is 0 Å². The van der Waals surface area contributed by atoms with Gasteiger partial charge in [0.05, 0.1) is 10.6 Å². The summed E-state index contributed by atoms with van der Waals surface area (Å²) >= 11 is 5.70. The van der Waals surface area contributed by atoms with Crippen molar-refractivity contribution < 1.29 is 9.90 Å². The van der Waals surface area contributed by atoms with Gasteiger partial charge in [-0.1, -0.05) is 23.4 Å². The number of rotatable bonds is 2. The van der Waals surface area contributed by atoms with Gasteiger partial charge in [-0.05, 0) is 18.2 Å². The van der Waals surface area contributed by atoms with Crippen LogP contribution in [0.15, 0.2) is 18.2 Å². The lowest BCUT2D eigenvalue weighted by atomic mass is 10.1. The summed E-state index contributed by atoms with van der Waals surface area (Å²) < 4.78 is 0. The highest BCUT2D eigenvalue weighted by molar-refractivity contribution is 6.33. The number of carboxylic acids is 1. The molecule has 0 saturated carbocycles. The molecule has 0 aromatic heterocycles. The molecule has 0 fully saturated rings. The van der Waals surface area contributed by atoms with Gasteiger partial charge in [0.1, 0.15) is 0 Å². The Kier molecular flexibility index (Phi) is 4.17. The van der Waals surface area contributed by atoms with Crippen molar-refractivity contribution >= 4 is 17.6 Å². The van der Waals surface area contributed by atoms with Gasteiger partial charge < -0.3 is 10.8 Å². The molecule has 0 aliphatic rings. The van der Waals surface area contributed by atoms with Crippen LogP contribution in [-0.2, 0) is 0 Å². The fourth-order valence-corrected chi connectivity index (χ4v) is 1.20. The van der Waals surface area contributed by atoms with Crippen LogP contribution >= 0.6 is 11.6 Å². The zero-order valence-corrected chi connectivity index (χ0v) is 8.71. The molecular weight excluding hydrogens is 214 g/mol. The predicted octanol–water partition coefficient (Wildman–Crippen LogP) is 1.74. The molecule has 0 saturated heterocycles. The average molecular weight is 224 g/mol. The smallest absolute Gasteiger partial charge is 0.337 e. The minimum atomic E-state index is -1.05. The number of carboxylic acid groups (broad SMARTS) is 1. The summed E-state index contributed by atoms with van der Waals surface area (Å²) in [5, 5.41) is 9.02. The Hall–Kier alpha value is -1.50. The van der Waals surface area contributed by atoms with E-state index in [0.29, 0.717) is 18.5 Å². The monoisotopic (exact) mass is 223 g/mol. The molecule has 3 nitrogen and oxygen atoms in total. The highest BCUT2D eigenvalue weighted by Gasteiger charge is 2.07. The van der Waals surface area contributed by atoms with Crippen molar-refractivity contribution in [2.24, 2.45) is 5.73 Å². The SMILES string of the molecule is NCCC#Cc1ccc(Cl)c(C(=O)O)c1. The van der Waals surface area contributed by atoms with E-state index in [4.69, 9.17) is 22.4 Å². The van der Waals surface area contributed by atoms with Crippen molar-refractivity contribution in [3.05, 3.63) is 34.3 Å². The van der Waals surface area contributed by atoms with Crippen LogP contribution < -0.4 is 5.73 Å². The maximum Gasteiger partial charge on any atom is 0.337 e. The van der Waals surface area contributed by atoms with Crippen molar-refractivity contribution in [3.63, 3.8) is 0 Å². The first-order valence-electron chi connectivity index (χ1n) is 4.37. The minimum absolute atomic E-state index is 0.0659. The van der Waals surface area contributed by atoms with E-state index >= 15 is 0 Å². The topological polar surface area (TPSA) is 63.3 Å². The lowest BCUT2D eigenvalue weighted by Crippen LogP contribution is -1.98. The molecule has 1 aromatic rings. The Bertz CT molecular complexity index is 432. The summed E-state index contributed by atoms with van der Waals surface area (Å²) in [5.74, 6) is 4.59. The number of benzene rings is 1. The molecule has 0 amide bonds. The first-order chi connectivity index (χ1) is 7.15. The number of hydrogen-bond donors (Lipinski definition) is 2. The first kappa shape index (κ1) is 11.6. The fraction of sp³-hybridized carbons (Fsp3) is 0.182. The molecule has 15 heavy (non-hydrogen) atoms. The van der Waals surface area contributed by atoms with Crippen LogP contribution in [0, 0.1) is 11.8 Å². The first-order valence-corrected chi connectivity index (χ1v) is 4.74. The molecule has 78 valence electrons. The van der Waals surface area contributed by atoms with E-state index in [1.807, 2.05) is 0 Å². The highest BCUT2D eigenvalue weighted by Crippen LogP contribution is 2.17.